The van der Waals surface area contributed by atoms with Crippen LogP contribution in [0.5, 0.6) is 0 Å². The molecule has 0 amide bonds. The minimum atomic E-state index is -0.234. The molecule has 6 rings (SSSR count). The molecule has 6 heteroatoms. The first kappa shape index (κ1) is 20.1. The highest BCUT2D eigenvalue weighted by molar-refractivity contribution is 7.18. The molecule has 164 valence electrons. The molecule has 33 heavy (non-hydrogen) atoms. The molecule has 2 heterocycles. The first-order chi connectivity index (χ1) is 16.2. The summed E-state index contributed by atoms with van der Waals surface area (Å²) in [6.45, 7) is 0.502. The van der Waals surface area contributed by atoms with Crippen molar-refractivity contribution in [2.24, 2.45) is 0 Å². The van der Waals surface area contributed by atoms with Crippen molar-refractivity contribution in [1.29, 1.82) is 0 Å². The van der Waals surface area contributed by atoms with E-state index in [1.807, 2.05) is 18.2 Å². The Labute approximate surface area is 194 Å². The lowest BCUT2D eigenvalue weighted by Crippen LogP contribution is -2.27. The minimum Gasteiger partial charge on any atom is -0.382 e. The Balaban J connectivity index is 1.31. The molecule has 1 unspecified atom stereocenters. The zero-order chi connectivity index (χ0) is 22.4. The van der Waals surface area contributed by atoms with Gasteiger partial charge in [-0.15, -0.1) is 11.3 Å². The van der Waals surface area contributed by atoms with E-state index in [-0.39, 0.29) is 17.4 Å². The number of hydrogen-bond acceptors (Lipinski definition) is 4. The Kier molecular flexibility index (Phi) is 4.95. The van der Waals surface area contributed by atoms with E-state index in [0.717, 1.165) is 51.7 Å². The Morgan fingerprint density at radius 3 is 2.76 bits per heavy atom. The van der Waals surface area contributed by atoms with Crippen LogP contribution >= 0.6 is 11.3 Å². The maximum absolute atomic E-state index is 13.5. The lowest BCUT2D eigenvalue weighted by Gasteiger charge is -2.24. The molecule has 1 aliphatic rings. The van der Waals surface area contributed by atoms with E-state index in [1.54, 1.807) is 34.4 Å². The fourth-order valence-electron chi connectivity index (χ4n) is 4.83. The Morgan fingerprint density at radius 1 is 1.06 bits per heavy atom. The van der Waals surface area contributed by atoms with Crippen LogP contribution in [0.15, 0.2) is 77.9 Å². The number of nitrogens with one attached hydrogen (secondary N) is 1. The fraction of sp³-hybridized carbons (Fsp3) is 0.185. The highest BCUT2D eigenvalue weighted by Gasteiger charge is 2.25. The minimum absolute atomic E-state index is 0.0374. The number of aryl methyl sites for hydroxylation is 1. The second-order valence-electron chi connectivity index (χ2n) is 8.59. The van der Waals surface area contributed by atoms with E-state index >= 15 is 0 Å². The standard InChI is InChI=1S/C27H22FN3OS/c28-19-8-10-20(11-9-19)30-21-12-13-23-24(14-21)33-26-25(23)27(32)31(16-29-26)15-18-6-3-5-17-4-1-2-7-22(17)18/h1-11,16,21,30H,12-15H2. The normalized spacial score (nSPS) is 15.6. The summed E-state index contributed by atoms with van der Waals surface area (Å²) >= 11 is 1.62. The van der Waals surface area contributed by atoms with Crippen molar-refractivity contribution in [3.63, 3.8) is 0 Å². The third-order valence-corrected chi connectivity index (χ3v) is 7.63. The van der Waals surface area contributed by atoms with Crippen molar-refractivity contribution in [3.8, 4) is 0 Å². The van der Waals surface area contributed by atoms with Crippen molar-refractivity contribution in [2.45, 2.75) is 31.8 Å². The molecule has 0 aliphatic heterocycles. The van der Waals surface area contributed by atoms with Gasteiger partial charge in [-0.2, -0.15) is 0 Å². The molecule has 1 aliphatic carbocycles. The van der Waals surface area contributed by atoms with Crippen molar-refractivity contribution in [1.82, 2.24) is 9.55 Å². The summed E-state index contributed by atoms with van der Waals surface area (Å²) < 4.78 is 14.9. The average Bonchev–Trinajstić information content (AvgIpc) is 3.21. The molecular weight excluding hydrogens is 433 g/mol. The smallest absolute Gasteiger partial charge is 0.262 e. The predicted octanol–water partition coefficient (Wildman–Crippen LogP) is 5.77. The Hall–Kier alpha value is -3.51. The SMILES string of the molecule is O=c1c2c3c(sc2ncn1Cc1cccc2ccccc12)CC(Nc1ccc(F)cc1)CC3. The van der Waals surface area contributed by atoms with Gasteiger partial charge in [0.2, 0.25) is 0 Å². The molecule has 4 nitrogen and oxygen atoms in total. The summed E-state index contributed by atoms with van der Waals surface area (Å²) in [6.07, 6.45) is 4.29. The summed E-state index contributed by atoms with van der Waals surface area (Å²) in [5.74, 6) is -0.234. The van der Waals surface area contributed by atoms with Gasteiger partial charge in [0, 0.05) is 23.0 Å². The molecule has 0 radical (unpaired) electrons. The fourth-order valence-corrected chi connectivity index (χ4v) is 6.09. The third kappa shape index (κ3) is 3.70. The largest absolute Gasteiger partial charge is 0.382 e. The number of anilines is 1. The highest BCUT2D eigenvalue weighted by atomic mass is 32.1. The van der Waals surface area contributed by atoms with Crippen molar-refractivity contribution >= 4 is 38.0 Å². The second-order valence-corrected chi connectivity index (χ2v) is 9.67. The molecule has 0 saturated heterocycles. The van der Waals surface area contributed by atoms with Gasteiger partial charge in [0.15, 0.2) is 0 Å². The second kappa shape index (κ2) is 8.12. The van der Waals surface area contributed by atoms with Crippen LogP contribution in [-0.4, -0.2) is 15.6 Å². The molecule has 1 atom stereocenters. The van der Waals surface area contributed by atoms with Gasteiger partial charge in [0.25, 0.3) is 5.56 Å². The monoisotopic (exact) mass is 455 g/mol. The summed E-state index contributed by atoms with van der Waals surface area (Å²) in [5, 5.41) is 6.61. The predicted molar refractivity (Wildman–Crippen MR) is 133 cm³/mol. The van der Waals surface area contributed by atoms with Gasteiger partial charge in [-0.3, -0.25) is 9.36 Å². The van der Waals surface area contributed by atoms with Gasteiger partial charge in [-0.25, -0.2) is 9.37 Å². The van der Waals surface area contributed by atoms with Gasteiger partial charge in [0.05, 0.1) is 18.3 Å². The number of halogens is 1. The van der Waals surface area contributed by atoms with E-state index < -0.39 is 0 Å². The van der Waals surface area contributed by atoms with Crippen LogP contribution in [-0.2, 0) is 19.4 Å². The number of fused-ring (bicyclic) bond motifs is 4. The number of aromatic nitrogens is 2. The molecule has 5 aromatic rings. The van der Waals surface area contributed by atoms with Crippen LogP contribution in [0.2, 0.25) is 0 Å². The molecule has 3 aromatic carbocycles. The zero-order valence-electron chi connectivity index (χ0n) is 17.9. The maximum Gasteiger partial charge on any atom is 0.262 e. The van der Waals surface area contributed by atoms with Crippen LogP contribution in [0.1, 0.15) is 22.4 Å². The molecular formula is C27H22FN3OS. The molecule has 0 fully saturated rings. The third-order valence-electron chi connectivity index (χ3n) is 6.47. The van der Waals surface area contributed by atoms with E-state index in [0.29, 0.717) is 6.54 Å². The molecule has 1 N–H and O–H groups in total. The van der Waals surface area contributed by atoms with Crippen LogP contribution in [0.3, 0.4) is 0 Å². The van der Waals surface area contributed by atoms with Crippen LogP contribution in [0, 0.1) is 5.82 Å². The van der Waals surface area contributed by atoms with E-state index in [1.165, 1.54) is 22.4 Å². The summed E-state index contributed by atoms with van der Waals surface area (Å²) in [5.41, 5.74) is 3.22. The first-order valence-corrected chi connectivity index (χ1v) is 12.0. The van der Waals surface area contributed by atoms with Crippen LogP contribution in [0.4, 0.5) is 10.1 Å². The van der Waals surface area contributed by atoms with Gasteiger partial charge in [-0.1, -0.05) is 42.5 Å². The molecule has 2 aromatic heterocycles. The first-order valence-electron chi connectivity index (χ1n) is 11.1. The van der Waals surface area contributed by atoms with Crippen molar-refractivity contribution < 1.29 is 4.39 Å². The van der Waals surface area contributed by atoms with E-state index in [2.05, 4.69) is 34.6 Å². The van der Waals surface area contributed by atoms with E-state index in [4.69, 9.17) is 0 Å². The Morgan fingerprint density at radius 2 is 1.88 bits per heavy atom. The summed E-state index contributed by atoms with van der Waals surface area (Å²) in [4.78, 5) is 20.2. The van der Waals surface area contributed by atoms with Crippen LogP contribution < -0.4 is 10.9 Å². The summed E-state index contributed by atoms with van der Waals surface area (Å²) in [7, 11) is 0. The zero-order valence-corrected chi connectivity index (χ0v) is 18.7. The number of thiophene rings is 1. The number of hydrogen-bond donors (Lipinski definition) is 1. The number of benzene rings is 3. The van der Waals surface area contributed by atoms with Crippen molar-refractivity contribution in [2.75, 3.05) is 5.32 Å². The molecule has 0 saturated carbocycles. The van der Waals surface area contributed by atoms with Crippen molar-refractivity contribution in [3.05, 3.63) is 105 Å². The molecule has 0 bridgehead atoms. The Bertz CT molecular complexity index is 1530. The number of nitrogens with zero attached hydrogens (tertiary/aromatic N) is 2. The van der Waals surface area contributed by atoms with Crippen LogP contribution in [0.25, 0.3) is 21.0 Å². The quantitative estimate of drug-likeness (QED) is 0.374. The lowest BCUT2D eigenvalue weighted by molar-refractivity contribution is 0.617. The van der Waals surface area contributed by atoms with Gasteiger partial charge >= 0.3 is 0 Å². The van der Waals surface area contributed by atoms with Gasteiger partial charge < -0.3 is 5.32 Å². The lowest BCUT2D eigenvalue weighted by atomic mass is 9.93. The molecule has 0 spiro atoms. The van der Waals surface area contributed by atoms with E-state index in [9.17, 15) is 9.18 Å². The van der Waals surface area contributed by atoms with Gasteiger partial charge in [0.1, 0.15) is 10.6 Å². The van der Waals surface area contributed by atoms with Gasteiger partial charge in [-0.05, 0) is 59.0 Å². The maximum atomic E-state index is 13.5. The topological polar surface area (TPSA) is 46.9 Å². The number of rotatable bonds is 4. The summed E-state index contributed by atoms with van der Waals surface area (Å²) in [6, 6.07) is 21.2. The highest BCUT2D eigenvalue weighted by Crippen LogP contribution is 2.34. The average molecular weight is 456 g/mol.